The summed E-state index contributed by atoms with van der Waals surface area (Å²) in [5.74, 6) is 0.139. The van der Waals surface area contributed by atoms with Crippen LogP contribution in [0.25, 0.3) is 16.9 Å². The third kappa shape index (κ3) is 2.06. The Hall–Kier alpha value is -3.02. The van der Waals surface area contributed by atoms with Gasteiger partial charge >= 0.3 is 5.97 Å². The van der Waals surface area contributed by atoms with E-state index >= 15 is 0 Å². The van der Waals surface area contributed by atoms with Gasteiger partial charge in [0.25, 0.3) is 0 Å². The zero-order valence-electron chi connectivity index (χ0n) is 11.3. The number of aromatic nitrogens is 2. The molecule has 0 bridgehead atoms. The minimum absolute atomic E-state index is 0.0566. The number of nitrogens with two attached hydrogens (primary N) is 1. The lowest BCUT2D eigenvalue weighted by Crippen LogP contribution is -2.00. The number of carboxylic acid groups (broad SMARTS) is 1. The number of methoxy groups -OCH3 is 1. The molecule has 1 aromatic carbocycles. The van der Waals surface area contributed by atoms with E-state index in [0.29, 0.717) is 17.0 Å². The van der Waals surface area contributed by atoms with E-state index in [1.165, 1.54) is 0 Å². The molecule has 3 aromatic rings. The average molecular weight is 283 g/mol. The van der Waals surface area contributed by atoms with Crippen molar-refractivity contribution in [2.75, 3.05) is 12.8 Å². The molecule has 2 heterocycles. The van der Waals surface area contributed by atoms with Gasteiger partial charge in [-0.05, 0) is 36.4 Å². The number of hydrogen-bond acceptors (Lipinski definition) is 4. The van der Waals surface area contributed by atoms with Crippen LogP contribution in [0.1, 0.15) is 10.5 Å². The number of aromatic carboxylic acids is 1. The number of rotatable bonds is 3. The minimum Gasteiger partial charge on any atom is -0.497 e. The monoisotopic (exact) mass is 283 g/mol. The van der Waals surface area contributed by atoms with E-state index < -0.39 is 5.97 Å². The second-order valence-corrected chi connectivity index (χ2v) is 4.50. The summed E-state index contributed by atoms with van der Waals surface area (Å²) in [6.07, 6.45) is 1.74. The number of imidazole rings is 1. The van der Waals surface area contributed by atoms with Crippen LogP contribution in [0.4, 0.5) is 5.69 Å². The first-order valence-corrected chi connectivity index (χ1v) is 6.26. The van der Waals surface area contributed by atoms with Crippen LogP contribution < -0.4 is 10.5 Å². The number of nitrogen functional groups attached to an aromatic ring is 1. The van der Waals surface area contributed by atoms with Gasteiger partial charge in [-0.25, -0.2) is 9.78 Å². The van der Waals surface area contributed by atoms with Gasteiger partial charge in [-0.2, -0.15) is 0 Å². The van der Waals surface area contributed by atoms with E-state index in [1.54, 1.807) is 42.0 Å². The summed E-state index contributed by atoms with van der Waals surface area (Å²) in [5, 5.41) is 9.30. The molecule has 0 saturated heterocycles. The first kappa shape index (κ1) is 13.0. The van der Waals surface area contributed by atoms with E-state index in [0.717, 1.165) is 11.3 Å². The van der Waals surface area contributed by atoms with Gasteiger partial charge in [-0.15, -0.1) is 0 Å². The van der Waals surface area contributed by atoms with E-state index in [9.17, 15) is 9.90 Å². The Bertz CT molecular complexity index is 822. The molecule has 0 spiro atoms. The van der Waals surface area contributed by atoms with Crippen molar-refractivity contribution in [3.63, 3.8) is 0 Å². The fourth-order valence-electron chi connectivity index (χ4n) is 2.26. The molecule has 106 valence electrons. The van der Waals surface area contributed by atoms with E-state index in [2.05, 4.69) is 4.98 Å². The molecule has 3 N–H and O–H groups in total. The number of carboxylic acids is 1. The molecule has 6 heteroatoms. The molecular weight excluding hydrogens is 270 g/mol. The Morgan fingerprint density at radius 2 is 2.00 bits per heavy atom. The Kier molecular flexibility index (Phi) is 2.98. The number of pyridine rings is 1. The lowest BCUT2D eigenvalue weighted by atomic mass is 10.2. The summed E-state index contributed by atoms with van der Waals surface area (Å²) in [7, 11) is 1.59. The topological polar surface area (TPSA) is 89.8 Å². The van der Waals surface area contributed by atoms with Crippen molar-refractivity contribution in [3.05, 3.63) is 48.3 Å². The van der Waals surface area contributed by atoms with Crippen molar-refractivity contribution in [3.8, 4) is 17.1 Å². The lowest BCUT2D eigenvalue weighted by molar-refractivity contribution is 0.0693. The third-order valence-corrected chi connectivity index (χ3v) is 3.25. The number of hydrogen-bond donors (Lipinski definition) is 2. The smallest absolute Gasteiger partial charge is 0.356 e. The molecule has 0 atom stereocenters. The van der Waals surface area contributed by atoms with Crippen molar-refractivity contribution in [2.24, 2.45) is 0 Å². The molecule has 0 saturated carbocycles. The Morgan fingerprint density at radius 3 is 2.62 bits per heavy atom. The fraction of sp³-hybridized carbons (Fsp3) is 0.0667. The minimum atomic E-state index is -1.11. The fourth-order valence-corrected chi connectivity index (χ4v) is 2.26. The highest BCUT2D eigenvalue weighted by Crippen LogP contribution is 2.27. The summed E-state index contributed by atoms with van der Waals surface area (Å²) in [4.78, 5) is 15.6. The Morgan fingerprint density at radius 1 is 1.29 bits per heavy atom. The zero-order valence-corrected chi connectivity index (χ0v) is 11.3. The predicted molar refractivity (Wildman–Crippen MR) is 78.6 cm³/mol. The highest BCUT2D eigenvalue weighted by atomic mass is 16.5. The number of ether oxygens (including phenoxy) is 1. The van der Waals surface area contributed by atoms with Crippen LogP contribution in [-0.2, 0) is 0 Å². The molecule has 2 aromatic heterocycles. The van der Waals surface area contributed by atoms with Crippen molar-refractivity contribution >= 4 is 17.2 Å². The molecule has 3 rings (SSSR count). The number of anilines is 1. The quantitative estimate of drug-likeness (QED) is 0.769. The largest absolute Gasteiger partial charge is 0.497 e. The van der Waals surface area contributed by atoms with E-state index in [4.69, 9.17) is 10.5 Å². The summed E-state index contributed by atoms with van der Waals surface area (Å²) in [6, 6.07) is 10.6. The Labute approximate surface area is 120 Å². The maximum Gasteiger partial charge on any atom is 0.356 e. The van der Waals surface area contributed by atoms with Gasteiger partial charge < -0.3 is 15.6 Å². The van der Waals surface area contributed by atoms with Crippen molar-refractivity contribution < 1.29 is 14.6 Å². The molecule has 21 heavy (non-hydrogen) atoms. The second-order valence-electron chi connectivity index (χ2n) is 4.50. The van der Waals surface area contributed by atoms with Gasteiger partial charge in [0.2, 0.25) is 0 Å². The number of nitrogens with zero attached hydrogens (tertiary/aromatic N) is 2. The van der Waals surface area contributed by atoms with E-state index in [-0.39, 0.29) is 5.69 Å². The molecule has 0 aliphatic rings. The van der Waals surface area contributed by atoms with E-state index in [1.807, 2.05) is 12.1 Å². The van der Waals surface area contributed by atoms with Crippen LogP contribution in [0, 0.1) is 0 Å². The molecule has 0 aliphatic heterocycles. The van der Waals surface area contributed by atoms with Crippen LogP contribution in [0.3, 0.4) is 0 Å². The third-order valence-electron chi connectivity index (χ3n) is 3.25. The standard InChI is InChI=1S/C15H13N3O3/c1-21-10-6-4-9(5-7-10)14-17-12(15(19)20)13-11(16)3-2-8-18(13)14/h2-8H,16H2,1H3,(H,19,20). The molecule has 0 aliphatic carbocycles. The van der Waals surface area contributed by atoms with Gasteiger partial charge in [-0.1, -0.05) is 0 Å². The summed E-state index contributed by atoms with van der Waals surface area (Å²) in [5.41, 5.74) is 7.39. The molecule has 6 nitrogen and oxygen atoms in total. The van der Waals surface area contributed by atoms with Crippen molar-refractivity contribution in [1.82, 2.24) is 9.38 Å². The zero-order chi connectivity index (χ0) is 15.0. The summed E-state index contributed by atoms with van der Waals surface area (Å²) >= 11 is 0. The number of benzene rings is 1. The number of carbonyl (C=O) groups is 1. The molecular formula is C15H13N3O3. The Balaban J connectivity index is 2.27. The normalized spacial score (nSPS) is 10.7. The van der Waals surface area contributed by atoms with Crippen LogP contribution >= 0.6 is 0 Å². The van der Waals surface area contributed by atoms with Gasteiger partial charge in [0.05, 0.1) is 12.8 Å². The van der Waals surface area contributed by atoms with Gasteiger partial charge in [0, 0.05) is 11.8 Å². The predicted octanol–water partition coefficient (Wildman–Crippen LogP) is 2.29. The summed E-state index contributed by atoms with van der Waals surface area (Å²) < 4.78 is 6.79. The van der Waals surface area contributed by atoms with Crippen molar-refractivity contribution in [1.29, 1.82) is 0 Å². The van der Waals surface area contributed by atoms with Gasteiger partial charge in [0.1, 0.15) is 17.1 Å². The van der Waals surface area contributed by atoms with Crippen LogP contribution in [0.2, 0.25) is 0 Å². The maximum absolute atomic E-state index is 11.4. The summed E-state index contributed by atoms with van der Waals surface area (Å²) in [6.45, 7) is 0. The highest BCUT2D eigenvalue weighted by molar-refractivity contribution is 5.98. The molecule has 0 amide bonds. The van der Waals surface area contributed by atoms with Gasteiger partial charge in [0.15, 0.2) is 5.69 Å². The van der Waals surface area contributed by atoms with Crippen LogP contribution in [0.5, 0.6) is 5.75 Å². The second kappa shape index (κ2) is 4.82. The first-order valence-electron chi connectivity index (χ1n) is 6.26. The number of fused-ring (bicyclic) bond motifs is 1. The highest BCUT2D eigenvalue weighted by Gasteiger charge is 2.19. The molecule has 0 fully saturated rings. The maximum atomic E-state index is 11.4. The SMILES string of the molecule is COc1ccc(-c2nc(C(=O)O)c3c(N)cccn23)cc1. The van der Waals surface area contributed by atoms with Crippen molar-refractivity contribution in [2.45, 2.75) is 0 Å². The van der Waals surface area contributed by atoms with Gasteiger partial charge in [-0.3, -0.25) is 4.40 Å². The lowest BCUT2D eigenvalue weighted by Gasteiger charge is -2.04. The van der Waals surface area contributed by atoms with Crippen LogP contribution in [0.15, 0.2) is 42.6 Å². The van der Waals surface area contributed by atoms with Crippen LogP contribution in [-0.4, -0.2) is 27.6 Å². The molecule has 0 unspecified atom stereocenters. The molecule has 0 radical (unpaired) electrons. The first-order chi connectivity index (χ1) is 10.1. The average Bonchev–Trinajstić information content (AvgIpc) is 2.88.